The summed E-state index contributed by atoms with van der Waals surface area (Å²) in [5.74, 6) is -2.73. The Morgan fingerprint density at radius 2 is 1.61 bits per heavy atom. The van der Waals surface area contributed by atoms with Gasteiger partial charge in [0.2, 0.25) is 0 Å². The van der Waals surface area contributed by atoms with Crippen LogP contribution in [0.25, 0.3) is 0 Å². The molecular formula is C20H16F7NO4S. The molecule has 0 unspecified atom stereocenters. The predicted octanol–water partition coefficient (Wildman–Crippen LogP) is 4.73. The van der Waals surface area contributed by atoms with Gasteiger partial charge in [0, 0.05) is 12.1 Å². The van der Waals surface area contributed by atoms with Gasteiger partial charge in [0.15, 0.2) is 9.84 Å². The molecule has 0 atom stereocenters. The van der Waals surface area contributed by atoms with Gasteiger partial charge in [-0.05, 0) is 61.2 Å². The van der Waals surface area contributed by atoms with Gasteiger partial charge in [-0.2, -0.15) is 13.2 Å². The third-order valence-corrected chi connectivity index (χ3v) is 7.22. The van der Waals surface area contributed by atoms with Gasteiger partial charge in [-0.3, -0.25) is 4.79 Å². The van der Waals surface area contributed by atoms with Crippen LogP contribution in [0.2, 0.25) is 0 Å². The van der Waals surface area contributed by atoms with E-state index >= 15 is 0 Å². The third-order valence-electron chi connectivity index (χ3n) is 5.06. The molecule has 0 spiro atoms. The summed E-state index contributed by atoms with van der Waals surface area (Å²) < 4.78 is 117. The van der Waals surface area contributed by atoms with Crippen molar-refractivity contribution >= 4 is 15.7 Å². The quantitative estimate of drug-likeness (QED) is 0.584. The van der Waals surface area contributed by atoms with Crippen LogP contribution in [-0.2, 0) is 16.0 Å². The molecule has 2 aromatic carbocycles. The molecule has 0 radical (unpaired) electrons. The van der Waals surface area contributed by atoms with Crippen LogP contribution in [0.5, 0.6) is 5.75 Å². The Kier molecular flexibility index (Phi) is 6.65. The van der Waals surface area contributed by atoms with E-state index in [9.17, 15) is 43.9 Å². The predicted molar refractivity (Wildman–Crippen MR) is 101 cm³/mol. The summed E-state index contributed by atoms with van der Waals surface area (Å²) in [5, 5.41) is 1.49. The van der Waals surface area contributed by atoms with Gasteiger partial charge in [0.25, 0.3) is 5.91 Å². The number of rotatable bonds is 6. The zero-order valence-corrected chi connectivity index (χ0v) is 17.3. The van der Waals surface area contributed by atoms with Crippen LogP contribution in [0.4, 0.5) is 30.7 Å². The number of sulfone groups is 1. The summed E-state index contributed by atoms with van der Waals surface area (Å²) in [7, 11) is -4.21. The van der Waals surface area contributed by atoms with Crippen LogP contribution in [0.3, 0.4) is 0 Å². The Bertz CT molecular complexity index is 1120. The molecule has 1 saturated carbocycles. The minimum atomic E-state index is -4.91. The van der Waals surface area contributed by atoms with Crippen LogP contribution in [0.15, 0.2) is 47.4 Å². The number of amides is 1. The Morgan fingerprint density at radius 3 is 2.15 bits per heavy atom. The molecule has 1 N–H and O–H groups in total. The maximum Gasteiger partial charge on any atom is 0.573 e. The maximum absolute atomic E-state index is 13.6. The number of ether oxygens (including phenoxy) is 1. The van der Waals surface area contributed by atoms with E-state index in [2.05, 4.69) is 10.1 Å². The summed E-state index contributed by atoms with van der Waals surface area (Å²) in [5.41, 5.74) is -1.36. The van der Waals surface area contributed by atoms with E-state index in [-0.39, 0.29) is 36.9 Å². The van der Waals surface area contributed by atoms with Crippen molar-refractivity contribution in [2.75, 3.05) is 6.54 Å². The molecular weight excluding hydrogens is 483 g/mol. The van der Waals surface area contributed by atoms with Crippen LogP contribution >= 0.6 is 0 Å². The van der Waals surface area contributed by atoms with Gasteiger partial charge in [-0.15, -0.1) is 13.2 Å². The number of carbonyl (C=O) groups is 1. The van der Waals surface area contributed by atoms with Crippen molar-refractivity contribution in [3.05, 3.63) is 59.4 Å². The minimum Gasteiger partial charge on any atom is -0.406 e. The molecule has 1 aliphatic rings. The lowest BCUT2D eigenvalue weighted by atomic mass is 9.85. The SMILES string of the molecule is O=C(NCC1CC(S(=O)(=O)c2cc(F)cc(C(F)(F)F)c2)C1)c1ccc(OC(F)(F)F)cc1. The topological polar surface area (TPSA) is 72.5 Å². The van der Waals surface area contributed by atoms with Gasteiger partial charge in [-0.25, -0.2) is 12.8 Å². The first-order chi connectivity index (χ1) is 15.1. The van der Waals surface area contributed by atoms with Crippen molar-refractivity contribution in [1.82, 2.24) is 5.32 Å². The van der Waals surface area contributed by atoms with Crippen LogP contribution in [0.1, 0.15) is 28.8 Å². The summed E-state index contributed by atoms with van der Waals surface area (Å²) in [6.45, 7) is 0.0443. The molecule has 0 saturated heterocycles. The number of halogens is 7. The molecule has 3 rings (SSSR count). The van der Waals surface area contributed by atoms with Crippen molar-refractivity contribution in [3.8, 4) is 5.75 Å². The number of alkyl halides is 6. The summed E-state index contributed by atoms with van der Waals surface area (Å²) >= 11 is 0. The number of benzene rings is 2. The molecule has 33 heavy (non-hydrogen) atoms. The molecule has 180 valence electrons. The Morgan fingerprint density at radius 1 is 1.00 bits per heavy atom. The zero-order valence-electron chi connectivity index (χ0n) is 16.5. The maximum atomic E-state index is 13.6. The Balaban J connectivity index is 1.55. The van der Waals surface area contributed by atoms with Crippen molar-refractivity contribution in [3.63, 3.8) is 0 Å². The van der Waals surface area contributed by atoms with Gasteiger partial charge in [0.05, 0.1) is 15.7 Å². The first-order valence-electron chi connectivity index (χ1n) is 9.41. The fourth-order valence-electron chi connectivity index (χ4n) is 3.32. The van der Waals surface area contributed by atoms with E-state index in [1.165, 1.54) is 0 Å². The molecule has 0 aliphatic heterocycles. The zero-order chi connectivity index (χ0) is 24.6. The van der Waals surface area contributed by atoms with Gasteiger partial charge in [-0.1, -0.05) is 0 Å². The highest BCUT2D eigenvalue weighted by Gasteiger charge is 2.41. The molecule has 2 aromatic rings. The van der Waals surface area contributed by atoms with E-state index in [4.69, 9.17) is 0 Å². The molecule has 0 aromatic heterocycles. The van der Waals surface area contributed by atoms with E-state index in [1.807, 2.05) is 0 Å². The third kappa shape index (κ3) is 6.15. The van der Waals surface area contributed by atoms with Crippen LogP contribution < -0.4 is 10.1 Å². The Labute approximate surface area is 183 Å². The number of nitrogens with one attached hydrogen (secondary N) is 1. The monoisotopic (exact) mass is 499 g/mol. The average molecular weight is 499 g/mol. The first-order valence-corrected chi connectivity index (χ1v) is 11.0. The Hall–Kier alpha value is -2.83. The van der Waals surface area contributed by atoms with E-state index < -0.39 is 55.6 Å². The van der Waals surface area contributed by atoms with Crippen molar-refractivity contribution in [2.45, 2.75) is 35.5 Å². The van der Waals surface area contributed by atoms with E-state index in [1.54, 1.807) is 0 Å². The molecule has 1 amide bonds. The molecule has 0 bridgehead atoms. The lowest BCUT2D eigenvalue weighted by Crippen LogP contribution is -2.42. The van der Waals surface area contributed by atoms with Crippen molar-refractivity contribution < 1.29 is 48.7 Å². The highest BCUT2D eigenvalue weighted by Crippen LogP contribution is 2.38. The van der Waals surface area contributed by atoms with Gasteiger partial charge in [0.1, 0.15) is 11.6 Å². The second-order valence-corrected chi connectivity index (χ2v) is 9.69. The smallest absolute Gasteiger partial charge is 0.406 e. The molecule has 0 heterocycles. The normalized spacial score (nSPS) is 19.0. The molecule has 1 fully saturated rings. The largest absolute Gasteiger partial charge is 0.573 e. The second kappa shape index (κ2) is 8.84. The van der Waals surface area contributed by atoms with E-state index in [0.29, 0.717) is 12.1 Å². The lowest BCUT2D eigenvalue weighted by Gasteiger charge is -2.35. The first kappa shape index (κ1) is 24.8. The van der Waals surface area contributed by atoms with Gasteiger partial charge < -0.3 is 10.1 Å². The standard InChI is InChI=1S/C20H16F7NO4S/c21-14-7-13(19(22,23)24)8-17(9-14)33(30,31)16-5-11(6-16)10-28-18(29)12-1-3-15(4-2-12)32-20(25,26)27/h1-4,7-9,11,16H,5-6,10H2,(H,28,29). The van der Waals surface area contributed by atoms with Crippen LogP contribution in [0, 0.1) is 11.7 Å². The molecule has 1 aliphatic carbocycles. The van der Waals surface area contributed by atoms with Crippen molar-refractivity contribution in [1.29, 1.82) is 0 Å². The number of hydrogen-bond acceptors (Lipinski definition) is 4. The number of carbonyl (C=O) groups excluding carboxylic acids is 1. The van der Waals surface area contributed by atoms with Crippen molar-refractivity contribution in [2.24, 2.45) is 5.92 Å². The highest BCUT2D eigenvalue weighted by molar-refractivity contribution is 7.92. The summed E-state index contributed by atoms with van der Waals surface area (Å²) in [4.78, 5) is 11.4. The average Bonchev–Trinajstić information content (AvgIpc) is 2.64. The molecule has 13 heteroatoms. The lowest BCUT2D eigenvalue weighted by molar-refractivity contribution is -0.274. The van der Waals surface area contributed by atoms with Crippen LogP contribution in [-0.4, -0.2) is 32.5 Å². The fourth-order valence-corrected chi connectivity index (χ4v) is 5.33. The number of hydrogen-bond donors (Lipinski definition) is 1. The molecule has 5 nitrogen and oxygen atoms in total. The van der Waals surface area contributed by atoms with Gasteiger partial charge >= 0.3 is 12.5 Å². The summed E-state index contributed by atoms with van der Waals surface area (Å²) in [6.07, 6.45) is -9.70. The fraction of sp³-hybridized carbons (Fsp3) is 0.350. The summed E-state index contributed by atoms with van der Waals surface area (Å²) in [6, 6.07) is 5.29. The minimum absolute atomic E-state index is 0.0405. The van der Waals surface area contributed by atoms with E-state index in [0.717, 1.165) is 24.3 Å². The highest BCUT2D eigenvalue weighted by atomic mass is 32.2. The second-order valence-electron chi connectivity index (χ2n) is 7.46.